The van der Waals surface area contributed by atoms with Crippen LogP contribution in [-0.4, -0.2) is 30.1 Å². The molecular weight excluding hydrogens is 216 g/mol. The Morgan fingerprint density at radius 1 is 1.24 bits per heavy atom. The largest absolute Gasteiger partial charge is 0.415 e. The van der Waals surface area contributed by atoms with Crippen LogP contribution in [0.2, 0.25) is 0 Å². The van der Waals surface area contributed by atoms with Crippen LogP contribution < -0.4 is 10.1 Å². The van der Waals surface area contributed by atoms with Crippen molar-refractivity contribution in [2.75, 3.05) is 13.1 Å². The molecule has 4 heteroatoms. The number of rotatable bonds is 1. The Kier molecular flexibility index (Phi) is 2.73. The highest BCUT2D eigenvalue weighted by Crippen LogP contribution is 2.28. The minimum absolute atomic E-state index is 0.199. The van der Waals surface area contributed by atoms with Crippen molar-refractivity contribution in [3.8, 4) is 5.75 Å². The van der Waals surface area contributed by atoms with E-state index in [1.165, 1.54) is 0 Å². The van der Waals surface area contributed by atoms with Gasteiger partial charge in [-0.25, -0.2) is 4.79 Å². The number of nitrogens with one attached hydrogen (secondary N) is 1. The van der Waals surface area contributed by atoms with Gasteiger partial charge in [0.15, 0.2) is 0 Å². The molecule has 1 fully saturated rings. The summed E-state index contributed by atoms with van der Waals surface area (Å²) in [7, 11) is 0. The molecule has 1 amide bonds. The van der Waals surface area contributed by atoms with Crippen LogP contribution in [0.5, 0.6) is 5.75 Å². The van der Waals surface area contributed by atoms with Crippen LogP contribution in [0.3, 0.4) is 0 Å². The fourth-order valence-electron chi connectivity index (χ4n) is 2.53. The number of amides is 1. The molecule has 1 saturated heterocycles. The van der Waals surface area contributed by atoms with E-state index >= 15 is 0 Å². The molecule has 0 atom stereocenters. The van der Waals surface area contributed by atoms with Gasteiger partial charge in [-0.05, 0) is 32.0 Å². The Balaban J connectivity index is 1.81. The minimum atomic E-state index is -0.199. The van der Waals surface area contributed by atoms with E-state index in [0.29, 0.717) is 18.3 Å². The molecule has 2 aliphatic heterocycles. The van der Waals surface area contributed by atoms with E-state index in [4.69, 9.17) is 4.74 Å². The van der Waals surface area contributed by atoms with Crippen LogP contribution in [0.1, 0.15) is 18.4 Å². The van der Waals surface area contributed by atoms with Crippen LogP contribution in [-0.2, 0) is 6.54 Å². The summed E-state index contributed by atoms with van der Waals surface area (Å²) >= 11 is 0. The highest BCUT2D eigenvalue weighted by Gasteiger charge is 2.31. The average Bonchev–Trinajstić information content (AvgIpc) is 2.39. The number of piperidine rings is 1. The molecule has 0 aromatic heterocycles. The summed E-state index contributed by atoms with van der Waals surface area (Å²) in [4.78, 5) is 13.8. The molecule has 90 valence electrons. The number of hydrogen-bond donors (Lipinski definition) is 1. The first-order valence-corrected chi connectivity index (χ1v) is 6.11. The third-order valence-corrected chi connectivity index (χ3v) is 3.49. The highest BCUT2D eigenvalue weighted by molar-refractivity contribution is 5.73. The van der Waals surface area contributed by atoms with Gasteiger partial charge < -0.3 is 15.0 Å². The average molecular weight is 232 g/mol. The predicted octanol–water partition coefficient (Wildman–Crippen LogP) is 1.75. The van der Waals surface area contributed by atoms with Gasteiger partial charge >= 0.3 is 6.09 Å². The van der Waals surface area contributed by atoms with Crippen molar-refractivity contribution in [1.82, 2.24) is 10.2 Å². The van der Waals surface area contributed by atoms with Gasteiger partial charge in [-0.3, -0.25) is 0 Å². The quantitative estimate of drug-likeness (QED) is 0.802. The van der Waals surface area contributed by atoms with Crippen molar-refractivity contribution in [2.45, 2.75) is 25.4 Å². The maximum absolute atomic E-state index is 11.9. The Morgan fingerprint density at radius 2 is 2.00 bits per heavy atom. The standard InChI is InChI=1S/C13H16N2O2/c16-13-15(11-5-7-14-8-6-11)9-10-3-1-2-4-12(10)17-13/h1-4,11,14H,5-9H2. The van der Waals surface area contributed by atoms with Gasteiger partial charge in [0.2, 0.25) is 0 Å². The third-order valence-electron chi connectivity index (χ3n) is 3.49. The summed E-state index contributed by atoms with van der Waals surface area (Å²) in [6.07, 6.45) is 1.82. The smallest absolute Gasteiger partial charge is 0.410 e. The van der Waals surface area contributed by atoms with Crippen molar-refractivity contribution in [1.29, 1.82) is 0 Å². The second kappa shape index (κ2) is 4.37. The molecule has 4 nitrogen and oxygen atoms in total. The van der Waals surface area contributed by atoms with Gasteiger partial charge in [-0.2, -0.15) is 0 Å². The van der Waals surface area contributed by atoms with Crippen molar-refractivity contribution < 1.29 is 9.53 Å². The van der Waals surface area contributed by atoms with E-state index in [-0.39, 0.29) is 6.09 Å². The maximum atomic E-state index is 11.9. The van der Waals surface area contributed by atoms with E-state index in [2.05, 4.69) is 5.32 Å². The molecule has 1 aromatic rings. The number of ether oxygens (including phenoxy) is 1. The van der Waals surface area contributed by atoms with Gasteiger partial charge in [-0.15, -0.1) is 0 Å². The number of fused-ring (bicyclic) bond motifs is 1. The predicted molar refractivity (Wildman–Crippen MR) is 63.9 cm³/mol. The van der Waals surface area contributed by atoms with Crippen molar-refractivity contribution in [3.05, 3.63) is 29.8 Å². The van der Waals surface area contributed by atoms with Crippen molar-refractivity contribution in [3.63, 3.8) is 0 Å². The lowest BCUT2D eigenvalue weighted by Gasteiger charge is -2.36. The van der Waals surface area contributed by atoms with E-state index < -0.39 is 0 Å². The number of nitrogens with zero attached hydrogens (tertiary/aromatic N) is 1. The molecule has 0 bridgehead atoms. The van der Waals surface area contributed by atoms with E-state index in [9.17, 15) is 4.79 Å². The maximum Gasteiger partial charge on any atom is 0.415 e. The zero-order valence-corrected chi connectivity index (χ0v) is 9.69. The second-order valence-electron chi connectivity index (χ2n) is 4.58. The van der Waals surface area contributed by atoms with Crippen molar-refractivity contribution in [2.24, 2.45) is 0 Å². The van der Waals surface area contributed by atoms with Crippen molar-refractivity contribution >= 4 is 6.09 Å². The number of benzene rings is 1. The third kappa shape index (κ3) is 2.00. The fraction of sp³-hybridized carbons (Fsp3) is 0.462. The van der Waals surface area contributed by atoms with Gasteiger partial charge in [0.25, 0.3) is 0 Å². The monoisotopic (exact) mass is 232 g/mol. The molecular formula is C13H16N2O2. The lowest BCUT2D eigenvalue weighted by molar-refractivity contribution is 0.104. The molecule has 17 heavy (non-hydrogen) atoms. The molecule has 0 radical (unpaired) electrons. The zero-order valence-electron chi connectivity index (χ0n) is 9.69. The summed E-state index contributed by atoms with van der Waals surface area (Å²) < 4.78 is 5.36. The summed E-state index contributed by atoms with van der Waals surface area (Å²) in [6, 6.07) is 8.07. The van der Waals surface area contributed by atoms with Crippen LogP contribution in [0, 0.1) is 0 Å². The summed E-state index contributed by atoms with van der Waals surface area (Å²) in [5, 5.41) is 3.31. The molecule has 3 rings (SSSR count). The number of para-hydroxylation sites is 1. The van der Waals surface area contributed by atoms with Gasteiger partial charge in [-0.1, -0.05) is 18.2 Å². The number of carbonyl (C=O) groups is 1. The van der Waals surface area contributed by atoms with E-state index in [0.717, 1.165) is 31.5 Å². The summed E-state index contributed by atoms with van der Waals surface area (Å²) in [5.74, 6) is 0.711. The molecule has 0 spiro atoms. The Morgan fingerprint density at radius 3 is 2.82 bits per heavy atom. The minimum Gasteiger partial charge on any atom is -0.410 e. The second-order valence-corrected chi connectivity index (χ2v) is 4.58. The molecule has 0 unspecified atom stereocenters. The Hall–Kier alpha value is -1.55. The number of hydrogen-bond acceptors (Lipinski definition) is 3. The topological polar surface area (TPSA) is 41.6 Å². The molecule has 0 saturated carbocycles. The van der Waals surface area contributed by atoms with Crippen LogP contribution >= 0.6 is 0 Å². The Labute approximate surface area is 101 Å². The fourth-order valence-corrected chi connectivity index (χ4v) is 2.53. The van der Waals surface area contributed by atoms with Crippen LogP contribution in [0.4, 0.5) is 4.79 Å². The van der Waals surface area contributed by atoms with Crippen LogP contribution in [0.25, 0.3) is 0 Å². The first-order valence-electron chi connectivity index (χ1n) is 6.11. The molecule has 1 N–H and O–H groups in total. The number of carbonyl (C=O) groups excluding carboxylic acids is 1. The molecule has 1 aromatic carbocycles. The first-order chi connectivity index (χ1) is 8.34. The van der Waals surface area contributed by atoms with Crippen LogP contribution in [0.15, 0.2) is 24.3 Å². The molecule has 2 heterocycles. The van der Waals surface area contributed by atoms with Gasteiger partial charge in [0.05, 0.1) is 6.54 Å². The lowest BCUT2D eigenvalue weighted by atomic mass is 10.0. The van der Waals surface area contributed by atoms with E-state index in [1.54, 1.807) is 0 Å². The molecule has 2 aliphatic rings. The summed E-state index contributed by atoms with van der Waals surface area (Å²) in [6.45, 7) is 2.64. The summed E-state index contributed by atoms with van der Waals surface area (Å²) in [5.41, 5.74) is 1.10. The SMILES string of the molecule is O=C1Oc2ccccc2CN1C1CCNCC1. The lowest BCUT2D eigenvalue weighted by Crippen LogP contribution is -2.48. The Bertz CT molecular complexity index is 427. The van der Waals surface area contributed by atoms with Gasteiger partial charge in [0.1, 0.15) is 5.75 Å². The highest BCUT2D eigenvalue weighted by atomic mass is 16.6. The molecule has 0 aliphatic carbocycles. The zero-order chi connectivity index (χ0) is 11.7. The normalized spacial score (nSPS) is 20.9. The van der Waals surface area contributed by atoms with E-state index in [1.807, 2.05) is 29.2 Å². The van der Waals surface area contributed by atoms with Gasteiger partial charge in [0, 0.05) is 11.6 Å². The first kappa shape index (κ1) is 10.6.